The molecule has 3 aromatic rings. The fraction of sp³-hybridized carbons (Fsp3) is 0.118. The molecule has 106 valence electrons. The number of fused-ring (bicyclic) bond motifs is 1. The average molecular weight is 363 g/mol. The Kier molecular flexibility index (Phi) is 3.98. The molecule has 0 aliphatic heterocycles. The van der Waals surface area contributed by atoms with Crippen LogP contribution in [0.5, 0.6) is 0 Å². The smallest absolute Gasteiger partial charge is 0.154 e. The highest BCUT2D eigenvalue weighted by atomic mass is 79.9. The molecule has 0 amide bonds. The second kappa shape index (κ2) is 5.76. The molecule has 3 rings (SSSR count). The lowest BCUT2D eigenvalue weighted by atomic mass is 9.98. The first-order valence-corrected chi connectivity index (χ1v) is 7.78. The summed E-state index contributed by atoms with van der Waals surface area (Å²) in [7, 11) is 0. The first kappa shape index (κ1) is 14.5. The monoisotopic (exact) mass is 361 g/mol. The van der Waals surface area contributed by atoms with Gasteiger partial charge in [0, 0.05) is 21.0 Å². The number of rotatable bonds is 2. The van der Waals surface area contributed by atoms with Crippen LogP contribution < -0.4 is 0 Å². The lowest BCUT2D eigenvalue weighted by Gasteiger charge is -2.16. The molecule has 0 aliphatic rings. The van der Waals surface area contributed by atoms with E-state index in [1.54, 1.807) is 0 Å². The van der Waals surface area contributed by atoms with Crippen LogP contribution in [-0.4, -0.2) is 10.1 Å². The van der Waals surface area contributed by atoms with Crippen LogP contribution in [0.4, 0.5) is 0 Å². The first-order valence-electron chi connectivity index (χ1n) is 6.55. The molecule has 2 nitrogen and oxygen atoms in total. The molecule has 0 aliphatic carbocycles. The highest BCUT2D eigenvalue weighted by Crippen LogP contribution is 2.35. The van der Waals surface area contributed by atoms with E-state index >= 15 is 0 Å². The van der Waals surface area contributed by atoms with Gasteiger partial charge in [0.2, 0.25) is 0 Å². The molecular formula is C17H13BrClNO. The molecule has 1 aromatic heterocycles. The summed E-state index contributed by atoms with van der Waals surface area (Å²) >= 11 is 9.46. The zero-order chi connectivity index (χ0) is 15.0. The molecule has 1 unspecified atom stereocenters. The zero-order valence-corrected chi connectivity index (χ0v) is 13.7. The van der Waals surface area contributed by atoms with Gasteiger partial charge in [-0.05, 0) is 30.7 Å². The molecule has 4 heteroatoms. The van der Waals surface area contributed by atoms with Gasteiger partial charge in [-0.25, -0.2) is 4.98 Å². The second-order valence-corrected chi connectivity index (χ2v) is 6.19. The normalized spacial score (nSPS) is 12.6. The Morgan fingerprint density at radius 1 is 1.14 bits per heavy atom. The van der Waals surface area contributed by atoms with E-state index in [9.17, 15) is 5.11 Å². The van der Waals surface area contributed by atoms with Crippen LogP contribution in [0.15, 0.2) is 53.0 Å². The van der Waals surface area contributed by atoms with Crippen LogP contribution in [0.3, 0.4) is 0 Å². The molecule has 2 aromatic carbocycles. The minimum absolute atomic E-state index is 0.710. The van der Waals surface area contributed by atoms with Gasteiger partial charge in [-0.1, -0.05) is 57.9 Å². The molecule has 0 fully saturated rings. The summed E-state index contributed by atoms with van der Waals surface area (Å²) in [6, 6.07) is 15.7. The lowest BCUT2D eigenvalue weighted by molar-refractivity contribution is 0.263. The Bertz CT molecular complexity index is 803. The summed E-state index contributed by atoms with van der Waals surface area (Å²) in [4.78, 5) is 4.74. The van der Waals surface area contributed by atoms with Crippen molar-refractivity contribution in [2.24, 2.45) is 0 Å². The molecule has 0 saturated carbocycles. The number of hydrogen-bond donors (Lipinski definition) is 1. The van der Waals surface area contributed by atoms with Crippen LogP contribution in [0.2, 0.25) is 0 Å². The van der Waals surface area contributed by atoms with Crippen molar-refractivity contribution >= 4 is 38.4 Å². The van der Waals surface area contributed by atoms with E-state index in [-0.39, 0.29) is 0 Å². The molecule has 1 N–H and O–H groups in total. The maximum absolute atomic E-state index is 9.99. The fourth-order valence-corrected chi connectivity index (χ4v) is 3.18. The fourth-order valence-electron chi connectivity index (χ4n) is 2.54. The van der Waals surface area contributed by atoms with E-state index in [1.807, 2.05) is 55.5 Å². The molecule has 0 saturated heterocycles. The Morgan fingerprint density at radius 2 is 1.86 bits per heavy atom. The summed E-state index contributed by atoms with van der Waals surface area (Å²) in [5.74, 6) is 0. The van der Waals surface area contributed by atoms with Gasteiger partial charge in [0.05, 0.1) is 11.2 Å². The van der Waals surface area contributed by atoms with Crippen molar-refractivity contribution in [2.45, 2.75) is 12.5 Å². The highest BCUT2D eigenvalue weighted by Gasteiger charge is 2.17. The summed E-state index contributed by atoms with van der Waals surface area (Å²) in [5, 5.41) is 10.9. The van der Waals surface area contributed by atoms with E-state index in [2.05, 4.69) is 15.9 Å². The Morgan fingerprint density at radius 3 is 2.52 bits per heavy atom. The third kappa shape index (κ3) is 2.69. The van der Waals surface area contributed by atoms with Crippen LogP contribution >= 0.6 is 27.5 Å². The summed E-state index contributed by atoms with van der Waals surface area (Å²) in [5.41, 5.74) is 3.22. The third-order valence-electron chi connectivity index (χ3n) is 3.53. The summed E-state index contributed by atoms with van der Waals surface area (Å²) in [6.45, 7) is 1.94. The molecule has 1 heterocycles. The number of pyridine rings is 1. The second-order valence-electron chi connectivity index (χ2n) is 4.86. The van der Waals surface area contributed by atoms with Crippen molar-refractivity contribution in [3.63, 3.8) is 0 Å². The van der Waals surface area contributed by atoms with E-state index in [1.165, 1.54) is 0 Å². The number of aliphatic hydroxyl groups excluding tert-OH is 1. The van der Waals surface area contributed by atoms with E-state index in [0.29, 0.717) is 5.56 Å². The standard InChI is InChI=1S/C17H13BrClNO/c1-10-15(17(19)21)13-9-12(18)7-8-14(13)20-16(10)11-5-3-2-4-6-11/h2-9,17,21H,1H3. The molecular weight excluding hydrogens is 350 g/mol. The molecule has 0 radical (unpaired) electrons. The van der Waals surface area contributed by atoms with Gasteiger partial charge >= 0.3 is 0 Å². The van der Waals surface area contributed by atoms with E-state index in [0.717, 1.165) is 32.2 Å². The molecule has 1 atom stereocenters. The van der Waals surface area contributed by atoms with Crippen molar-refractivity contribution in [3.8, 4) is 11.3 Å². The van der Waals surface area contributed by atoms with Crippen LogP contribution in [0.1, 0.15) is 16.7 Å². The van der Waals surface area contributed by atoms with Gasteiger partial charge in [-0.15, -0.1) is 0 Å². The lowest BCUT2D eigenvalue weighted by Crippen LogP contribution is -2.00. The number of hydrogen-bond acceptors (Lipinski definition) is 2. The van der Waals surface area contributed by atoms with Crippen LogP contribution in [-0.2, 0) is 0 Å². The van der Waals surface area contributed by atoms with E-state index < -0.39 is 5.56 Å². The number of aliphatic hydroxyl groups is 1. The van der Waals surface area contributed by atoms with Crippen molar-refractivity contribution in [1.29, 1.82) is 0 Å². The predicted octanol–water partition coefficient (Wildman–Crippen LogP) is 5.20. The van der Waals surface area contributed by atoms with Gasteiger partial charge in [-0.2, -0.15) is 0 Å². The largest absolute Gasteiger partial charge is 0.373 e. The average Bonchev–Trinajstić information content (AvgIpc) is 2.47. The molecule has 21 heavy (non-hydrogen) atoms. The topological polar surface area (TPSA) is 33.1 Å². The van der Waals surface area contributed by atoms with Gasteiger partial charge < -0.3 is 5.11 Å². The van der Waals surface area contributed by atoms with Crippen molar-refractivity contribution in [1.82, 2.24) is 4.98 Å². The summed E-state index contributed by atoms with van der Waals surface area (Å²) in [6.07, 6.45) is 0. The molecule has 0 spiro atoms. The maximum Gasteiger partial charge on any atom is 0.154 e. The van der Waals surface area contributed by atoms with Crippen molar-refractivity contribution in [3.05, 3.63) is 64.1 Å². The van der Waals surface area contributed by atoms with Gasteiger partial charge in [-0.3, -0.25) is 0 Å². The Balaban J connectivity index is 2.38. The molecule has 0 bridgehead atoms. The van der Waals surface area contributed by atoms with Gasteiger partial charge in [0.15, 0.2) is 5.56 Å². The van der Waals surface area contributed by atoms with Gasteiger partial charge in [0.25, 0.3) is 0 Å². The highest BCUT2D eigenvalue weighted by molar-refractivity contribution is 9.10. The minimum Gasteiger partial charge on any atom is -0.373 e. The predicted molar refractivity (Wildman–Crippen MR) is 90.4 cm³/mol. The summed E-state index contributed by atoms with van der Waals surface area (Å²) < 4.78 is 0.933. The number of nitrogens with zero attached hydrogens (tertiary/aromatic N) is 1. The van der Waals surface area contributed by atoms with Crippen LogP contribution in [0, 0.1) is 6.92 Å². The quantitative estimate of drug-likeness (QED) is 0.635. The third-order valence-corrected chi connectivity index (χ3v) is 4.24. The number of benzene rings is 2. The van der Waals surface area contributed by atoms with Crippen molar-refractivity contribution < 1.29 is 5.11 Å². The van der Waals surface area contributed by atoms with Crippen LogP contribution in [0.25, 0.3) is 22.2 Å². The minimum atomic E-state index is -1.06. The number of aromatic nitrogens is 1. The number of alkyl halides is 1. The van der Waals surface area contributed by atoms with Crippen molar-refractivity contribution in [2.75, 3.05) is 0 Å². The first-order chi connectivity index (χ1) is 10.1. The SMILES string of the molecule is Cc1c(-c2ccccc2)nc2ccc(Br)cc2c1C(O)Cl. The zero-order valence-electron chi connectivity index (χ0n) is 11.3. The maximum atomic E-state index is 9.99. The van der Waals surface area contributed by atoms with Gasteiger partial charge in [0.1, 0.15) is 0 Å². The van der Waals surface area contributed by atoms with E-state index in [4.69, 9.17) is 16.6 Å². The Labute approximate surface area is 136 Å². The Hall–Kier alpha value is -1.42. The number of halogens is 2.